The summed E-state index contributed by atoms with van der Waals surface area (Å²) in [6, 6.07) is 4.21. The van der Waals surface area contributed by atoms with Gasteiger partial charge in [0.1, 0.15) is 18.2 Å². The summed E-state index contributed by atoms with van der Waals surface area (Å²) in [6.07, 6.45) is 5.11. The first kappa shape index (κ1) is 14.6. The third kappa shape index (κ3) is 3.48. The van der Waals surface area contributed by atoms with Crippen molar-refractivity contribution in [2.24, 2.45) is 0 Å². The number of rotatable bonds is 4. The van der Waals surface area contributed by atoms with Crippen LogP contribution >= 0.6 is 0 Å². The van der Waals surface area contributed by atoms with Crippen LogP contribution in [0.3, 0.4) is 0 Å². The van der Waals surface area contributed by atoms with Crippen molar-refractivity contribution in [3.05, 3.63) is 52.5 Å². The molecule has 1 atom stereocenters. The number of hydrogen-bond acceptors (Lipinski definition) is 5. The second-order valence-corrected chi connectivity index (χ2v) is 5.05. The Labute approximate surface area is 126 Å². The summed E-state index contributed by atoms with van der Waals surface area (Å²) in [4.78, 5) is 16.0. The maximum atomic E-state index is 12.8. The van der Waals surface area contributed by atoms with E-state index in [0.29, 0.717) is 18.1 Å². The van der Waals surface area contributed by atoms with Gasteiger partial charge in [0.15, 0.2) is 6.23 Å². The van der Waals surface area contributed by atoms with E-state index in [2.05, 4.69) is 10.1 Å². The van der Waals surface area contributed by atoms with Crippen LogP contribution in [0, 0.1) is 5.82 Å². The summed E-state index contributed by atoms with van der Waals surface area (Å²) in [7, 11) is 0. The van der Waals surface area contributed by atoms with Crippen LogP contribution in [0.15, 0.2) is 35.4 Å². The lowest BCUT2D eigenvalue weighted by atomic mass is 10.2. The first-order valence-electron chi connectivity index (χ1n) is 7.16. The van der Waals surface area contributed by atoms with Crippen molar-refractivity contribution in [2.75, 3.05) is 6.61 Å². The van der Waals surface area contributed by atoms with Crippen LogP contribution in [0.1, 0.15) is 31.2 Å². The van der Waals surface area contributed by atoms with E-state index in [0.717, 1.165) is 25.5 Å². The van der Waals surface area contributed by atoms with E-state index in [1.54, 1.807) is 0 Å². The lowest BCUT2D eigenvalue weighted by Crippen LogP contribution is -2.30. The van der Waals surface area contributed by atoms with E-state index in [9.17, 15) is 9.18 Å². The number of pyridine rings is 1. The van der Waals surface area contributed by atoms with Crippen LogP contribution in [0.25, 0.3) is 0 Å². The predicted molar refractivity (Wildman–Crippen MR) is 75.9 cm³/mol. The van der Waals surface area contributed by atoms with Crippen molar-refractivity contribution in [3.63, 3.8) is 0 Å². The second-order valence-electron chi connectivity index (χ2n) is 5.05. The zero-order valence-corrected chi connectivity index (χ0v) is 11.9. The van der Waals surface area contributed by atoms with E-state index in [1.165, 1.54) is 29.1 Å². The molecule has 1 fully saturated rings. The van der Waals surface area contributed by atoms with Gasteiger partial charge in [0, 0.05) is 12.7 Å². The normalized spacial score (nSPS) is 18.1. The van der Waals surface area contributed by atoms with Crippen LogP contribution < -0.4 is 10.3 Å². The quantitative estimate of drug-likeness (QED) is 0.865. The number of ether oxygens (including phenoxy) is 2. The van der Waals surface area contributed by atoms with Crippen LogP contribution in [0.5, 0.6) is 5.75 Å². The van der Waals surface area contributed by atoms with Crippen LogP contribution in [-0.2, 0) is 11.3 Å². The molecule has 0 spiro atoms. The molecular weight excluding hydrogens is 289 g/mol. The molecular formula is C15H16FN3O3. The maximum absolute atomic E-state index is 12.8. The van der Waals surface area contributed by atoms with Gasteiger partial charge in [-0.3, -0.25) is 9.78 Å². The standard InChI is InChI=1S/C15H16FN3O3/c16-11-4-5-12(17-8-11)10-22-13-7-14(20)19(18-9-13)15-3-1-2-6-21-15/h4-5,7-9,15H,1-3,6,10H2. The SMILES string of the molecule is O=c1cc(OCc2ccc(F)cn2)cnn1C1CCCCO1. The molecule has 0 N–H and O–H groups in total. The molecule has 116 valence electrons. The molecule has 0 bridgehead atoms. The minimum atomic E-state index is -0.402. The smallest absolute Gasteiger partial charge is 0.272 e. The van der Waals surface area contributed by atoms with Crippen LogP contribution in [-0.4, -0.2) is 21.4 Å². The summed E-state index contributed by atoms with van der Waals surface area (Å²) < 4.78 is 25.1. The average Bonchev–Trinajstić information content (AvgIpc) is 2.55. The highest BCUT2D eigenvalue weighted by Gasteiger charge is 2.18. The Hall–Kier alpha value is -2.28. The Balaban J connectivity index is 1.66. The highest BCUT2D eigenvalue weighted by molar-refractivity contribution is 5.15. The van der Waals surface area contributed by atoms with E-state index >= 15 is 0 Å². The minimum absolute atomic E-state index is 0.144. The van der Waals surface area contributed by atoms with Crippen molar-refractivity contribution in [1.29, 1.82) is 0 Å². The second kappa shape index (κ2) is 6.65. The topological polar surface area (TPSA) is 66.2 Å². The van der Waals surface area contributed by atoms with Gasteiger partial charge >= 0.3 is 0 Å². The average molecular weight is 305 g/mol. The van der Waals surface area contributed by atoms with Crippen molar-refractivity contribution < 1.29 is 13.9 Å². The Kier molecular flexibility index (Phi) is 4.43. The largest absolute Gasteiger partial charge is 0.485 e. The minimum Gasteiger partial charge on any atom is -0.485 e. The lowest BCUT2D eigenvalue weighted by molar-refractivity contribution is -0.0426. The van der Waals surface area contributed by atoms with Gasteiger partial charge in [0.2, 0.25) is 0 Å². The third-order valence-electron chi connectivity index (χ3n) is 3.40. The molecule has 2 aromatic heterocycles. The van der Waals surface area contributed by atoms with Gasteiger partial charge in [-0.15, -0.1) is 0 Å². The summed E-state index contributed by atoms with van der Waals surface area (Å²) >= 11 is 0. The fourth-order valence-corrected chi connectivity index (χ4v) is 2.26. The lowest BCUT2D eigenvalue weighted by Gasteiger charge is -2.23. The Morgan fingerprint density at radius 2 is 2.27 bits per heavy atom. The molecule has 2 aromatic rings. The predicted octanol–water partition coefficient (Wildman–Crippen LogP) is 2.06. The van der Waals surface area contributed by atoms with Gasteiger partial charge in [0.25, 0.3) is 5.56 Å². The molecule has 1 aliphatic rings. The van der Waals surface area contributed by atoms with Gasteiger partial charge in [0.05, 0.1) is 18.1 Å². The third-order valence-corrected chi connectivity index (χ3v) is 3.40. The summed E-state index contributed by atoms with van der Waals surface area (Å²) in [5, 5.41) is 4.10. The number of nitrogens with zero attached hydrogens (tertiary/aromatic N) is 3. The van der Waals surface area contributed by atoms with E-state index < -0.39 is 5.82 Å². The fourth-order valence-electron chi connectivity index (χ4n) is 2.26. The fraction of sp³-hybridized carbons (Fsp3) is 0.400. The Bertz CT molecular complexity index is 681. The molecule has 0 aromatic carbocycles. The molecule has 3 heterocycles. The molecule has 0 aliphatic carbocycles. The molecule has 1 saturated heterocycles. The van der Waals surface area contributed by atoms with Crippen LogP contribution in [0.4, 0.5) is 4.39 Å². The number of aromatic nitrogens is 3. The number of hydrogen-bond donors (Lipinski definition) is 0. The highest BCUT2D eigenvalue weighted by Crippen LogP contribution is 2.20. The molecule has 1 aliphatic heterocycles. The highest BCUT2D eigenvalue weighted by atomic mass is 19.1. The molecule has 3 rings (SSSR count). The molecule has 22 heavy (non-hydrogen) atoms. The summed E-state index contributed by atoms with van der Waals surface area (Å²) in [5.41, 5.74) is 0.303. The molecule has 1 unspecified atom stereocenters. The first-order valence-corrected chi connectivity index (χ1v) is 7.16. The van der Waals surface area contributed by atoms with Crippen molar-refractivity contribution in [2.45, 2.75) is 32.1 Å². The molecule has 0 radical (unpaired) electrons. The summed E-state index contributed by atoms with van der Waals surface area (Å²) in [6.45, 7) is 0.790. The Morgan fingerprint density at radius 3 is 2.95 bits per heavy atom. The molecule has 0 amide bonds. The molecule has 7 heteroatoms. The molecule has 0 saturated carbocycles. The van der Waals surface area contributed by atoms with Crippen molar-refractivity contribution >= 4 is 0 Å². The number of halogens is 1. The van der Waals surface area contributed by atoms with E-state index in [-0.39, 0.29) is 18.4 Å². The van der Waals surface area contributed by atoms with Gasteiger partial charge in [-0.2, -0.15) is 5.10 Å². The van der Waals surface area contributed by atoms with E-state index in [1.807, 2.05) is 0 Å². The van der Waals surface area contributed by atoms with Crippen LogP contribution in [0.2, 0.25) is 0 Å². The van der Waals surface area contributed by atoms with Crippen molar-refractivity contribution in [1.82, 2.24) is 14.8 Å². The van der Waals surface area contributed by atoms with Gasteiger partial charge in [-0.05, 0) is 31.4 Å². The van der Waals surface area contributed by atoms with E-state index in [4.69, 9.17) is 9.47 Å². The zero-order valence-electron chi connectivity index (χ0n) is 11.9. The Morgan fingerprint density at radius 1 is 1.36 bits per heavy atom. The van der Waals surface area contributed by atoms with Gasteiger partial charge in [-0.1, -0.05) is 0 Å². The molecule has 6 nitrogen and oxygen atoms in total. The monoisotopic (exact) mass is 305 g/mol. The maximum Gasteiger partial charge on any atom is 0.272 e. The van der Waals surface area contributed by atoms with Gasteiger partial charge in [-0.25, -0.2) is 9.07 Å². The van der Waals surface area contributed by atoms with Gasteiger partial charge < -0.3 is 9.47 Å². The first-order chi connectivity index (χ1) is 10.7. The van der Waals surface area contributed by atoms with Crippen molar-refractivity contribution in [3.8, 4) is 5.75 Å². The summed E-state index contributed by atoms with van der Waals surface area (Å²) in [5.74, 6) is -0.0521. The zero-order chi connectivity index (χ0) is 15.4.